The number of hydrogen-bond donors (Lipinski definition) is 1. The molecule has 0 bridgehead atoms. The van der Waals surface area contributed by atoms with Crippen molar-refractivity contribution in [1.29, 1.82) is 0 Å². The molecule has 33 heavy (non-hydrogen) atoms. The number of aryl methyl sites for hydroxylation is 1. The molecule has 4 heterocycles. The summed E-state index contributed by atoms with van der Waals surface area (Å²) in [5, 5.41) is 17.2. The van der Waals surface area contributed by atoms with E-state index in [2.05, 4.69) is 30.6 Å². The Hall–Kier alpha value is -3.57. The van der Waals surface area contributed by atoms with E-state index in [1.54, 1.807) is 16.8 Å². The van der Waals surface area contributed by atoms with Crippen molar-refractivity contribution in [3.8, 4) is 11.6 Å². The van der Waals surface area contributed by atoms with Crippen LogP contribution in [0.4, 0.5) is 5.13 Å². The van der Waals surface area contributed by atoms with Crippen LogP contribution in [-0.2, 0) is 4.79 Å². The fourth-order valence-electron chi connectivity index (χ4n) is 3.19. The van der Waals surface area contributed by atoms with Crippen molar-refractivity contribution >= 4 is 50.0 Å². The SMILES string of the molecule is Cc1ccc(Oc2ccc3nnc(Sc4ccc5nc(NC(=O)C6CC6)sc5c4)n3n2)cn1. The van der Waals surface area contributed by atoms with Crippen LogP contribution in [0.15, 0.2) is 58.7 Å². The average molecular weight is 476 g/mol. The number of nitrogens with zero attached hydrogens (tertiary/aromatic N) is 6. The number of aromatic nitrogens is 6. The number of hydrogen-bond acceptors (Lipinski definition) is 9. The monoisotopic (exact) mass is 475 g/mol. The number of amides is 1. The van der Waals surface area contributed by atoms with Crippen LogP contribution in [0.5, 0.6) is 11.6 Å². The minimum atomic E-state index is 0.0594. The first-order valence-electron chi connectivity index (χ1n) is 10.3. The van der Waals surface area contributed by atoms with Gasteiger partial charge in [-0.15, -0.1) is 15.3 Å². The zero-order chi connectivity index (χ0) is 22.4. The number of carbonyl (C=O) groups excluding carboxylic acids is 1. The molecule has 0 radical (unpaired) electrons. The predicted molar refractivity (Wildman–Crippen MR) is 125 cm³/mol. The molecule has 0 atom stereocenters. The van der Waals surface area contributed by atoms with E-state index in [-0.39, 0.29) is 11.8 Å². The second-order valence-electron chi connectivity index (χ2n) is 7.68. The molecule has 1 amide bonds. The van der Waals surface area contributed by atoms with Crippen LogP contribution in [0.1, 0.15) is 18.5 Å². The lowest BCUT2D eigenvalue weighted by Gasteiger charge is -2.05. The number of benzene rings is 1. The van der Waals surface area contributed by atoms with Crippen LogP contribution in [0, 0.1) is 12.8 Å². The van der Waals surface area contributed by atoms with Gasteiger partial charge in [-0.25, -0.2) is 4.98 Å². The van der Waals surface area contributed by atoms with Crippen LogP contribution in [0.25, 0.3) is 15.9 Å². The lowest BCUT2D eigenvalue weighted by atomic mass is 10.3. The molecule has 9 nitrogen and oxygen atoms in total. The number of carbonyl (C=O) groups is 1. The fraction of sp³-hybridized carbons (Fsp3) is 0.182. The van der Waals surface area contributed by atoms with Gasteiger partial charge in [-0.3, -0.25) is 9.78 Å². The summed E-state index contributed by atoms with van der Waals surface area (Å²) in [6, 6.07) is 13.2. The van der Waals surface area contributed by atoms with Crippen molar-refractivity contribution in [2.75, 3.05) is 5.32 Å². The Bertz CT molecular complexity index is 1490. The molecule has 0 aliphatic heterocycles. The molecule has 6 rings (SSSR count). The second kappa shape index (κ2) is 8.09. The Kier molecular flexibility index (Phi) is 4.92. The lowest BCUT2D eigenvalue weighted by Crippen LogP contribution is -2.12. The van der Waals surface area contributed by atoms with Gasteiger partial charge < -0.3 is 10.1 Å². The van der Waals surface area contributed by atoms with Gasteiger partial charge in [0.05, 0.1) is 16.4 Å². The van der Waals surface area contributed by atoms with Gasteiger partial charge in [-0.1, -0.05) is 11.3 Å². The molecule has 0 spiro atoms. The number of ether oxygens (including phenoxy) is 1. The predicted octanol–water partition coefficient (Wildman–Crippen LogP) is 4.73. The van der Waals surface area contributed by atoms with E-state index >= 15 is 0 Å². The first kappa shape index (κ1) is 20.1. The third kappa shape index (κ3) is 4.24. The van der Waals surface area contributed by atoms with Crippen molar-refractivity contribution in [3.63, 3.8) is 0 Å². The summed E-state index contributed by atoms with van der Waals surface area (Å²) < 4.78 is 8.47. The summed E-state index contributed by atoms with van der Waals surface area (Å²) in [6.07, 6.45) is 3.59. The highest BCUT2D eigenvalue weighted by molar-refractivity contribution is 7.99. The minimum Gasteiger partial charge on any atom is -0.436 e. The van der Waals surface area contributed by atoms with Gasteiger partial charge in [0.2, 0.25) is 16.9 Å². The van der Waals surface area contributed by atoms with Crippen LogP contribution < -0.4 is 10.1 Å². The smallest absolute Gasteiger partial charge is 0.237 e. The minimum absolute atomic E-state index is 0.0594. The lowest BCUT2D eigenvalue weighted by molar-refractivity contribution is -0.117. The van der Waals surface area contributed by atoms with Crippen molar-refractivity contribution in [1.82, 2.24) is 29.8 Å². The summed E-state index contributed by atoms with van der Waals surface area (Å²) in [5.41, 5.74) is 2.39. The Labute approximate surface area is 196 Å². The van der Waals surface area contributed by atoms with Crippen LogP contribution in [-0.4, -0.2) is 35.7 Å². The molecule has 5 aromatic rings. The Balaban J connectivity index is 1.24. The Morgan fingerprint density at radius 1 is 1.18 bits per heavy atom. The van der Waals surface area contributed by atoms with E-state index in [1.165, 1.54) is 23.1 Å². The highest BCUT2D eigenvalue weighted by Crippen LogP contribution is 2.35. The van der Waals surface area contributed by atoms with E-state index in [9.17, 15) is 4.79 Å². The third-order valence-corrected chi connectivity index (χ3v) is 6.92. The van der Waals surface area contributed by atoms with Crippen molar-refractivity contribution < 1.29 is 9.53 Å². The normalized spacial score (nSPS) is 13.5. The van der Waals surface area contributed by atoms with Gasteiger partial charge in [0.25, 0.3) is 0 Å². The topological polar surface area (TPSA) is 107 Å². The second-order valence-corrected chi connectivity index (χ2v) is 9.75. The molecule has 1 N–H and O–H groups in total. The highest BCUT2D eigenvalue weighted by Gasteiger charge is 2.30. The zero-order valence-corrected chi connectivity index (χ0v) is 19.1. The standard InChI is InChI=1S/C22H17N7O2S2/c1-12-2-5-14(11-23-12)31-19-9-8-18-26-27-22(29(18)28-19)32-15-6-7-16-17(10-15)33-21(24-16)25-20(30)13-3-4-13/h2,5-11,13H,3-4H2,1H3,(H,24,25,30). The molecule has 1 fully saturated rings. The maximum Gasteiger partial charge on any atom is 0.237 e. The molecule has 164 valence electrons. The van der Waals surface area contributed by atoms with Crippen LogP contribution in [0.2, 0.25) is 0 Å². The summed E-state index contributed by atoms with van der Waals surface area (Å²) >= 11 is 2.91. The number of thiazole rings is 1. The third-order valence-electron chi connectivity index (χ3n) is 5.06. The molecule has 1 aromatic carbocycles. The quantitative estimate of drug-likeness (QED) is 0.376. The van der Waals surface area contributed by atoms with E-state index in [4.69, 9.17) is 4.74 Å². The van der Waals surface area contributed by atoms with Gasteiger partial charge in [0, 0.05) is 22.6 Å². The molecule has 1 saturated carbocycles. The van der Waals surface area contributed by atoms with Crippen molar-refractivity contribution in [3.05, 3.63) is 54.4 Å². The average Bonchev–Trinajstić information content (AvgIpc) is 3.49. The van der Waals surface area contributed by atoms with Crippen molar-refractivity contribution in [2.45, 2.75) is 29.8 Å². The molecular weight excluding hydrogens is 458 g/mol. The molecule has 11 heteroatoms. The Morgan fingerprint density at radius 3 is 2.91 bits per heavy atom. The summed E-state index contributed by atoms with van der Waals surface area (Å²) in [4.78, 5) is 21.8. The number of fused-ring (bicyclic) bond motifs is 2. The largest absolute Gasteiger partial charge is 0.436 e. The van der Waals surface area contributed by atoms with Gasteiger partial charge in [0.1, 0.15) is 5.75 Å². The summed E-state index contributed by atoms with van der Waals surface area (Å²) in [5.74, 6) is 1.23. The fourth-order valence-corrected chi connectivity index (χ4v) is 4.99. The zero-order valence-electron chi connectivity index (χ0n) is 17.4. The van der Waals surface area contributed by atoms with E-state index in [1.807, 2.05) is 43.3 Å². The molecule has 0 unspecified atom stereocenters. The number of anilines is 1. The molecule has 1 aliphatic rings. The first-order chi connectivity index (χ1) is 16.1. The molecule has 4 aromatic heterocycles. The van der Waals surface area contributed by atoms with E-state index in [0.29, 0.717) is 27.6 Å². The number of nitrogens with one attached hydrogen (secondary N) is 1. The maximum atomic E-state index is 12.0. The molecule has 0 saturated heterocycles. The van der Waals surface area contributed by atoms with Gasteiger partial charge in [-0.05, 0) is 67.9 Å². The number of pyridine rings is 1. The van der Waals surface area contributed by atoms with Gasteiger partial charge >= 0.3 is 0 Å². The van der Waals surface area contributed by atoms with Gasteiger partial charge in [0.15, 0.2) is 10.8 Å². The maximum absolute atomic E-state index is 12.0. The van der Waals surface area contributed by atoms with Crippen molar-refractivity contribution in [2.24, 2.45) is 5.92 Å². The Morgan fingerprint density at radius 2 is 2.09 bits per heavy atom. The first-order valence-corrected chi connectivity index (χ1v) is 12.0. The molecular formula is C22H17N7O2S2. The number of rotatable bonds is 6. The van der Waals surface area contributed by atoms with Gasteiger partial charge in [-0.2, -0.15) is 4.52 Å². The highest BCUT2D eigenvalue weighted by atomic mass is 32.2. The van der Waals surface area contributed by atoms with E-state index < -0.39 is 0 Å². The summed E-state index contributed by atoms with van der Waals surface area (Å²) in [7, 11) is 0. The summed E-state index contributed by atoms with van der Waals surface area (Å²) in [6.45, 7) is 1.92. The van der Waals surface area contributed by atoms with Crippen LogP contribution >= 0.6 is 23.1 Å². The van der Waals surface area contributed by atoms with E-state index in [0.717, 1.165) is 33.6 Å². The molecule has 1 aliphatic carbocycles. The van der Waals surface area contributed by atoms with Crippen LogP contribution in [0.3, 0.4) is 0 Å².